The number of thioether (sulfide) groups is 1. The van der Waals surface area contributed by atoms with Crippen LogP contribution in [0.5, 0.6) is 0 Å². The SMILES string of the molecule is CCn1c2ccccc2c2nnc(SCC(=O)NCCCc3ccccc3)nc21. The summed E-state index contributed by atoms with van der Waals surface area (Å²) in [4.78, 5) is 16.8. The summed E-state index contributed by atoms with van der Waals surface area (Å²) >= 11 is 1.32. The van der Waals surface area contributed by atoms with Gasteiger partial charge in [0.15, 0.2) is 5.65 Å². The van der Waals surface area contributed by atoms with Gasteiger partial charge in [0, 0.05) is 18.5 Å². The minimum atomic E-state index is -0.0113. The summed E-state index contributed by atoms with van der Waals surface area (Å²) in [5.74, 6) is 0.271. The summed E-state index contributed by atoms with van der Waals surface area (Å²) in [5.41, 5.74) is 4.01. The van der Waals surface area contributed by atoms with E-state index in [-0.39, 0.29) is 11.7 Å². The van der Waals surface area contributed by atoms with Gasteiger partial charge in [-0.25, -0.2) is 4.98 Å². The number of hydrogen-bond donors (Lipinski definition) is 1. The van der Waals surface area contributed by atoms with Crippen LogP contribution in [0.15, 0.2) is 59.8 Å². The van der Waals surface area contributed by atoms with Gasteiger partial charge in [-0.1, -0.05) is 60.3 Å². The van der Waals surface area contributed by atoms with E-state index in [1.165, 1.54) is 17.3 Å². The number of benzene rings is 2. The molecule has 0 bridgehead atoms. The van der Waals surface area contributed by atoms with Crippen LogP contribution in [0.2, 0.25) is 0 Å². The number of nitrogens with zero attached hydrogens (tertiary/aromatic N) is 4. The Morgan fingerprint density at radius 1 is 1.07 bits per heavy atom. The highest BCUT2D eigenvalue weighted by Crippen LogP contribution is 2.26. The fourth-order valence-electron chi connectivity index (χ4n) is 3.42. The molecule has 0 fully saturated rings. The maximum absolute atomic E-state index is 12.1. The number of amides is 1. The van der Waals surface area contributed by atoms with Gasteiger partial charge in [0.1, 0.15) is 5.52 Å². The Hall–Kier alpha value is -2.93. The molecule has 0 saturated carbocycles. The third-order valence-corrected chi connectivity index (χ3v) is 5.65. The number of aryl methyl sites for hydroxylation is 2. The van der Waals surface area contributed by atoms with Crippen molar-refractivity contribution >= 4 is 39.7 Å². The van der Waals surface area contributed by atoms with Gasteiger partial charge in [0.2, 0.25) is 11.1 Å². The normalized spacial score (nSPS) is 11.2. The molecule has 0 aliphatic heterocycles. The smallest absolute Gasteiger partial charge is 0.230 e. The number of carbonyl (C=O) groups is 1. The molecule has 6 nitrogen and oxygen atoms in total. The predicted octanol–water partition coefficient (Wildman–Crippen LogP) is 3.84. The van der Waals surface area contributed by atoms with E-state index in [0.717, 1.165) is 41.5 Å². The van der Waals surface area contributed by atoms with Crippen molar-refractivity contribution in [1.82, 2.24) is 25.1 Å². The summed E-state index contributed by atoms with van der Waals surface area (Å²) in [5, 5.41) is 13.1. The number of carbonyl (C=O) groups excluding carboxylic acids is 1. The zero-order chi connectivity index (χ0) is 20.1. The molecule has 1 amide bonds. The standard InChI is InChI=1S/C22H23N5OS/c1-2-27-18-13-7-6-12-17(18)20-21(27)24-22(26-25-20)29-15-19(28)23-14-8-11-16-9-4-3-5-10-16/h3-7,9-10,12-13H,2,8,11,14-15H2,1H3,(H,23,28). The maximum atomic E-state index is 12.1. The highest BCUT2D eigenvalue weighted by atomic mass is 32.2. The van der Waals surface area contributed by atoms with Gasteiger partial charge in [-0.15, -0.1) is 10.2 Å². The van der Waals surface area contributed by atoms with Gasteiger partial charge >= 0.3 is 0 Å². The van der Waals surface area contributed by atoms with Crippen LogP contribution < -0.4 is 5.32 Å². The molecule has 7 heteroatoms. The molecule has 2 aromatic carbocycles. The minimum absolute atomic E-state index is 0.0113. The topological polar surface area (TPSA) is 72.7 Å². The van der Waals surface area contributed by atoms with Crippen molar-refractivity contribution in [2.75, 3.05) is 12.3 Å². The Morgan fingerprint density at radius 3 is 2.69 bits per heavy atom. The van der Waals surface area contributed by atoms with Crippen LogP contribution in [-0.2, 0) is 17.8 Å². The Bertz CT molecular complexity index is 1130. The van der Waals surface area contributed by atoms with Gasteiger partial charge < -0.3 is 9.88 Å². The van der Waals surface area contributed by atoms with Crippen molar-refractivity contribution in [1.29, 1.82) is 0 Å². The van der Waals surface area contributed by atoms with E-state index in [4.69, 9.17) is 0 Å². The number of fused-ring (bicyclic) bond motifs is 3. The van der Waals surface area contributed by atoms with Crippen LogP contribution >= 0.6 is 11.8 Å². The molecule has 2 heterocycles. The molecule has 0 aliphatic carbocycles. The molecule has 0 saturated heterocycles. The summed E-state index contributed by atoms with van der Waals surface area (Å²) < 4.78 is 2.13. The van der Waals surface area contributed by atoms with Crippen molar-refractivity contribution in [3.05, 3.63) is 60.2 Å². The van der Waals surface area contributed by atoms with Crippen LogP contribution in [0.25, 0.3) is 22.1 Å². The summed E-state index contributed by atoms with van der Waals surface area (Å²) in [6.07, 6.45) is 1.88. The molecular weight excluding hydrogens is 382 g/mol. The van der Waals surface area contributed by atoms with Gasteiger partial charge in [-0.05, 0) is 31.4 Å². The Labute approximate surface area is 173 Å². The fraction of sp³-hybridized carbons (Fsp3) is 0.273. The molecule has 0 spiro atoms. The lowest BCUT2D eigenvalue weighted by atomic mass is 10.1. The van der Waals surface area contributed by atoms with Crippen LogP contribution in [-0.4, -0.2) is 38.0 Å². The molecule has 0 radical (unpaired) electrons. The second-order valence-corrected chi connectivity index (χ2v) is 7.70. The van der Waals surface area contributed by atoms with Gasteiger partial charge in [-0.3, -0.25) is 4.79 Å². The van der Waals surface area contributed by atoms with Crippen LogP contribution in [0, 0.1) is 0 Å². The molecular formula is C22H23N5OS. The van der Waals surface area contributed by atoms with Crippen LogP contribution in [0.3, 0.4) is 0 Å². The van der Waals surface area contributed by atoms with Crippen molar-refractivity contribution in [2.24, 2.45) is 0 Å². The van der Waals surface area contributed by atoms with E-state index in [1.807, 2.05) is 36.4 Å². The molecule has 4 rings (SSSR count). The van der Waals surface area contributed by atoms with E-state index in [9.17, 15) is 4.79 Å². The van der Waals surface area contributed by atoms with Crippen molar-refractivity contribution in [3.8, 4) is 0 Å². The lowest BCUT2D eigenvalue weighted by molar-refractivity contribution is -0.118. The summed E-state index contributed by atoms with van der Waals surface area (Å²) in [6, 6.07) is 18.4. The molecule has 0 unspecified atom stereocenters. The highest BCUT2D eigenvalue weighted by molar-refractivity contribution is 7.99. The highest BCUT2D eigenvalue weighted by Gasteiger charge is 2.14. The number of nitrogens with one attached hydrogen (secondary N) is 1. The first-order chi connectivity index (χ1) is 14.3. The number of para-hydroxylation sites is 1. The van der Waals surface area contributed by atoms with Crippen molar-refractivity contribution in [3.63, 3.8) is 0 Å². The third kappa shape index (κ3) is 4.40. The Balaban J connectivity index is 1.34. The number of hydrogen-bond acceptors (Lipinski definition) is 5. The third-order valence-electron chi connectivity index (χ3n) is 4.81. The Kier molecular flexibility index (Phi) is 6.05. The fourth-order valence-corrected chi connectivity index (χ4v) is 4.03. The first-order valence-corrected chi connectivity index (χ1v) is 10.8. The lowest BCUT2D eigenvalue weighted by Crippen LogP contribution is -2.26. The van der Waals surface area contributed by atoms with Crippen LogP contribution in [0.1, 0.15) is 18.9 Å². The average Bonchev–Trinajstić information content (AvgIpc) is 3.09. The monoisotopic (exact) mass is 405 g/mol. The molecule has 4 aromatic rings. The summed E-state index contributed by atoms with van der Waals surface area (Å²) in [6.45, 7) is 3.55. The van der Waals surface area contributed by atoms with E-state index in [0.29, 0.717) is 11.7 Å². The first-order valence-electron chi connectivity index (χ1n) is 9.81. The second-order valence-electron chi connectivity index (χ2n) is 6.76. The minimum Gasteiger partial charge on any atom is -0.355 e. The Morgan fingerprint density at radius 2 is 1.86 bits per heavy atom. The zero-order valence-electron chi connectivity index (χ0n) is 16.3. The quantitative estimate of drug-likeness (QED) is 0.356. The maximum Gasteiger partial charge on any atom is 0.230 e. The average molecular weight is 406 g/mol. The van der Waals surface area contributed by atoms with E-state index in [2.05, 4.69) is 50.2 Å². The van der Waals surface area contributed by atoms with Crippen molar-refractivity contribution < 1.29 is 4.79 Å². The van der Waals surface area contributed by atoms with Crippen LogP contribution in [0.4, 0.5) is 0 Å². The first kappa shape index (κ1) is 19.4. The molecule has 0 atom stereocenters. The predicted molar refractivity (Wildman–Crippen MR) is 117 cm³/mol. The summed E-state index contributed by atoms with van der Waals surface area (Å²) in [7, 11) is 0. The van der Waals surface area contributed by atoms with Gasteiger partial charge in [0.05, 0.1) is 11.3 Å². The largest absolute Gasteiger partial charge is 0.355 e. The number of aromatic nitrogens is 4. The zero-order valence-corrected chi connectivity index (χ0v) is 17.2. The van der Waals surface area contributed by atoms with Crippen molar-refractivity contribution in [2.45, 2.75) is 31.5 Å². The van der Waals surface area contributed by atoms with E-state index < -0.39 is 0 Å². The number of rotatable bonds is 8. The molecule has 29 heavy (non-hydrogen) atoms. The molecule has 148 valence electrons. The second kappa shape index (κ2) is 9.05. The molecule has 0 aliphatic rings. The van der Waals surface area contributed by atoms with Gasteiger partial charge in [0.25, 0.3) is 0 Å². The molecule has 2 aromatic heterocycles. The van der Waals surface area contributed by atoms with E-state index >= 15 is 0 Å². The van der Waals surface area contributed by atoms with E-state index in [1.54, 1.807) is 0 Å². The van der Waals surface area contributed by atoms with Gasteiger partial charge in [-0.2, -0.15) is 0 Å². The lowest BCUT2D eigenvalue weighted by Gasteiger charge is -2.05. The molecule has 1 N–H and O–H groups in total.